The predicted molar refractivity (Wildman–Crippen MR) is 74.2 cm³/mol. The Bertz CT molecular complexity index is 529. The number of rotatable bonds is 4. The molecule has 2 rings (SSSR count). The van der Waals surface area contributed by atoms with E-state index in [2.05, 4.69) is 35.5 Å². The number of nitrogens with zero attached hydrogens (tertiary/aromatic N) is 1. The van der Waals surface area contributed by atoms with Crippen LogP contribution in [0.5, 0.6) is 0 Å². The minimum absolute atomic E-state index is 0.399. The zero-order valence-corrected chi connectivity index (χ0v) is 11.3. The van der Waals surface area contributed by atoms with Crippen LogP contribution >= 0.6 is 33.2 Å². The van der Waals surface area contributed by atoms with E-state index in [9.17, 15) is 0 Å². The first-order valence-electron chi connectivity index (χ1n) is 5.19. The number of hydrogen-bond acceptors (Lipinski definition) is 6. The summed E-state index contributed by atoms with van der Waals surface area (Å²) in [4.78, 5) is 5.39. The smallest absolute Gasteiger partial charge is 0.229 e. The van der Waals surface area contributed by atoms with E-state index < -0.39 is 0 Å². The molecule has 0 unspecified atom stereocenters. The van der Waals surface area contributed by atoms with Crippen LogP contribution in [0.3, 0.4) is 0 Å². The van der Waals surface area contributed by atoms with Gasteiger partial charge in [-0.3, -0.25) is 0 Å². The Balaban J connectivity index is 2.49. The van der Waals surface area contributed by atoms with Gasteiger partial charge in [0.2, 0.25) is 1.43 Å². The second-order valence-corrected chi connectivity index (χ2v) is 6.43. The molecule has 0 aliphatic rings. The van der Waals surface area contributed by atoms with Crippen molar-refractivity contribution < 1.29 is 4.56 Å². The lowest BCUT2D eigenvalue weighted by atomic mass is 10.0. The van der Waals surface area contributed by atoms with Crippen molar-refractivity contribution in [3.05, 3.63) is 17.7 Å². The van der Waals surface area contributed by atoms with Gasteiger partial charge in [0.15, 0.2) is 5.13 Å². The van der Waals surface area contributed by atoms with Crippen LogP contribution in [0.1, 0.15) is 25.3 Å². The summed E-state index contributed by atoms with van der Waals surface area (Å²) in [5.41, 5.74) is 7.86. The minimum Gasteiger partial charge on any atom is -0.375 e. The van der Waals surface area contributed by atoms with Crippen molar-refractivity contribution in [2.24, 2.45) is 0 Å². The van der Waals surface area contributed by atoms with Gasteiger partial charge in [0, 0.05) is 4.90 Å². The van der Waals surface area contributed by atoms with Gasteiger partial charge in [0.25, 0.3) is 0 Å². The summed E-state index contributed by atoms with van der Waals surface area (Å²) >= 11 is 2.52. The van der Waals surface area contributed by atoms with E-state index in [0.29, 0.717) is 11.0 Å². The molecule has 0 spiro atoms. The fourth-order valence-corrected chi connectivity index (χ4v) is 3.66. The monoisotopic (exact) mass is 274 g/mol. The number of nitrogens with two attached hydrogens (primary N) is 1. The summed E-state index contributed by atoms with van der Waals surface area (Å²) in [7, 11) is 1.44. The molecule has 0 saturated heterocycles. The lowest BCUT2D eigenvalue weighted by Crippen LogP contribution is -1.90. The molecule has 2 aromatic rings. The topological polar surface area (TPSA) is 59.1 Å². The van der Waals surface area contributed by atoms with E-state index in [-0.39, 0.29) is 0 Å². The Hall–Kier alpha value is -0.430. The highest BCUT2D eigenvalue weighted by Crippen LogP contribution is 2.38. The number of fused-ring (bicyclic) bond motifs is 1. The number of anilines is 1. The van der Waals surface area contributed by atoms with Gasteiger partial charge in [-0.2, -0.15) is 0 Å². The van der Waals surface area contributed by atoms with Crippen LogP contribution in [-0.4, -0.2) is 9.54 Å². The highest BCUT2D eigenvalue weighted by Gasteiger charge is 2.12. The van der Waals surface area contributed by atoms with E-state index in [1.807, 2.05) is 0 Å². The fraction of sp³-hybridized carbons (Fsp3) is 0.300. The minimum atomic E-state index is 0.399. The third-order valence-corrected chi connectivity index (χ3v) is 4.47. The van der Waals surface area contributed by atoms with Crippen LogP contribution < -0.4 is 5.73 Å². The molecule has 0 amide bonds. The maximum atomic E-state index is 6.71. The highest BCUT2D eigenvalue weighted by atomic mass is 33.1. The number of nitrogen functional groups attached to an aromatic ring is 1. The van der Waals surface area contributed by atoms with Gasteiger partial charge < -0.3 is 10.3 Å². The Morgan fingerprint density at radius 2 is 2.38 bits per heavy atom. The molecule has 0 aliphatic carbocycles. The van der Waals surface area contributed by atoms with Crippen LogP contribution in [0, 0.1) is 0 Å². The summed E-state index contributed by atoms with van der Waals surface area (Å²) < 4.78 is 12.1. The van der Waals surface area contributed by atoms with Gasteiger partial charge in [-0.05, 0) is 34.4 Å². The van der Waals surface area contributed by atoms with E-state index in [1.165, 1.54) is 27.7 Å². The molecule has 1 aromatic carbocycles. The molecule has 0 fully saturated rings. The lowest BCUT2D eigenvalue weighted by Gasteiger charge is -2.10. The second kappa shape index (κ2) is 4.83. The molecule has 0 aliphatic heterocycles. The maximum absolute atomic E-state index is 6.71. The first-order chi connectivity index (χ1) is 8.11. The molecule has 1 aromatic heterocycles. The zero-order valence-electron chi connectivity index (χ0n) is 9.89. The summed E-state index contributed by atoms with van der Waals surface area (Å²) in [5, 5.41) is 0.584. The average Bonchev–Trinajstić information content (AvgIpc) is 2.63. The van der Waals surface area contributed by atoms with Crippen LogP contribution in [0.25, 0.3) is 11.6 Å². The Morgan fingerprint density at radius 3 is 3.06 bits per heavy atom. The largest absolute Gasteiger partial charge is 0.375 e. The zero-order chi connectivity index (χ0) is 12.4. The molecule has 0 bridgehead atoms. The summed E-state index contributed by atoms with van der Waals surface area (Å²) in [6, 6.07) is 4.13. The van der Waals surface area contributed by atoms with E-state index in [4.69, 9.17) is 7.16 Å². The lowest BCUT2D eigenvalue weighted by molar-refractivity contribution is 0.676. The van der Waals surface area contributed by atoms with Crippen LogP contribution in [-0.2, 0) is 0 Å². The average molecular weight is 274 g/mol. The Labute approximate surface area is 108 Å². The molecule has 3 N–H and O–H groups in total. The van der Waals surface area contributed by atoms with Crippen molar-refractivity contribution in [3.8, 4) is 0 Å². The van der Waals surface area contributed by atoms with Crippen LogP contribution in [0.2, 0.25) is 0 Å². The van der Waals surface area contributed by atoms with Gasteiger partial charge in [-0.25, -0.2) is 4.98 Å². The molecule has 0 atom stereocenters. The van der Waals surface area contributed by atoms with Crippen molar-refractivity contribution in [1.82, 2.24) is 4.98 Å². The van der Waals surface area contributed by atoms with Gasteiger partial charge in [0.1, 0.15) is 0 Å². The standard InChI is InChI=1S/C10H12N2OS3/c1-5(2)6-3-7-9(14-10(11)12-7)4-8(6)15-16-13/h3-5,13H,1-2H3,(H2,11,12)/i/hT. The van der Waals surface area contributed by atoms with Crippen molar-refractivity contribution in [2.45, 2.75) is 24.7 Å². The molecule has 16 heavy (non-hydrogen) atoms. The van der Waals surface area contributed by atoms with E-state index in [0.717, 1.165) is 26.2 Å². The van der Waals surface area contributed by atoms with Crippen molar-refractivity contribution in [2.75, 3.05) is 5.73 Å². The highest BCUT2D eigenvalue weighted by molar-refractivity contribution is 8.74. The summed E-state index contributed by atoms with van der Waals surface area (Å²) in [6.07, 6.45) is 0. The maximum Gasteiger partial charge on any atom is 0.229 e. The number of thiazole rings is 1. The molecular formula is C10H12N2OS3. The summed E-state index contributed by atoms with van der Waals surface area (Å²) in [6.45, 7) is 4.26. The third-order valence-electron chi connectivity index (χ3n) is 2.28. The van der Waals surface area contributed by atoms with E-state index >= 15 is 0 Å². The summed E-state index contributed by atoms with van der Waals surface area (Å²) in [5.74, 6) is 0.399. The Kier molecular flexibility index (Phi) is 3.23. The van der Waals surface area contributed by atoms with Gasteiger partial charge in [-0.1, -0.05) is 25.2 Å². The van der Waals surface area contributed by atoms with Crippen molar-refractivity contribution >= 4 is 48.6 Å². The second-order valence-electron chi connectivity index (χ2n) is 3.72. The fourth-order valence-electron chi connectivity index (χ4n) is 1.55. The Morgan fingerprint density at radius 1 is 1.56 bits per heavy atom. The number of hydrogen-bond donors (Lipinski definition) is 2. The SMILES string of the molecule is [3H]OSSc1cc2sc(N)nc2cc1C(C)C. The number of benzene rings is 1. The normalized spacial score (nSPS) is 12.3. The van der Waals surface area contributed by atoms with Crippen molar-refractivity contribution in [1.29, 1.82) is 1.43 Å². The molecule has 0 radical (unpaired) electrons. The van der Waals surface area contributed by atoms with E-state index in [1.54, 1.807) is 0 Å². The predicted octanol–water partition coefficient (Wildman–Crippen LogP) is 4.22. The number of aromatic nitrogens is 1. The van der Waals surface area contributed by atoms with Crippen LogP contribution in [0.4, 0.5) is 5.13 Å². The molecule has 3 nitrogen and oxygen atoms in total. The quantitative estimate of drug-likeness (QED) is 0.646. The molecule has 1 heterocycles. The van der Waals surface area contributed by atoms with Crippen molar-refractivity contribution in [3.63, 3.8) is 0 Å². The van der Waals surface area contributed by atoms with Gasteiger partial charge in [0.05, 0.1) is 21.3 Å². The first kappa shape index (κ1) is 10.7. The molecule has 0 saturated carbocycles. The first-order valence-corrected chi connectivity index (χ1v) is 7.67. The third kappa shape index (κ3) is 2.29. The van der Waals surface area contributed by atoms with Crippen LogP contribution in [0.15, 0.2) is 17.0 Å². The van der Waals surface area contributed by atoms with Gasteiger partial charge in [-0.15, -0.1) is 0 Å². The molecule has 6 heteroatoms. The van der Waals surface area contributed by atoms with Gasteiger partial charge >= 0.3 is 0 Å². The molecular weight excluding hydrogens is 260 g/mol. The molecule has 86 valence electrons.